The van der Waals surface area contributed by atoms with Crippen molar-refractivity contribution in [2.75, 3.05) is 0 Å². The number of carboxylic acid groups (broad SMARTS) is 1. The Morgan fingerprint density at radius 1 is 1.60 bits per heavy atom. The molecule has 0 aliphatic heterocycles. The molecule has 1 aliphatic carbocycles. The summed E-state index contributed by atoms with van der Waals surface area (Å²) in [6, 6.07) is 0. The average molecular weight is 138 g/mol. The van der Waals surface area contributed by atoms with E-state index >= 15 is 0 Å². The molecular formula is C7H6O3. The molecule has 0 heterocycles. The Balaban J connectivity index is 2.70. The molecule has 0 atom stereocenters. The maximum Gasteiger partial charge on any atom is 0.328 e. The quantitative estimate of drug-likeness (QED) is 0.537. The Morgan fingerprint density at radius 3 is 2.70 bits per heavy atom. The number of allylic oxidation sites excluding steroid dienone is 3. The lowest BCUT2D eigenvalue weighted by Gasteiger charge is -1.85. The molecule has 0 aromatic carbocycles. The van der Waals surface area contributed by atoms with E-state index in [1.807, 2.05) is 0 Å². The fourth-order valence-corrected chi connectivity index (χ4v) is 0.777. The standard InChI is InChI=1S/C7H6O3/c8-6-2-1-5(3-6)4-7(9)10/h1-2,4H,3H2,(H,9,10)/b5-4+. The number of carbonyl (C=O) groups excluding carboxylic acids is 1. The predicted octanol–water partition coefficient (Wildman–Crippen LogP) is 0.526. The highest BCUT2D eigenvalue weighted by atomic mass is 16.4. The number of hydrogen-bond donors (Lipinski definition) is 1. The van der Waals surface area contributed by atoms with E-state index in [2.05, 4.69) is 0 Å². The SMILES string of the molecule is O=C(O)/C=C1\C=CC(=O)C1. The zero-order valence-electron chi connectivity index (χ0n) is 5.20. The molecule has 1 N–H and O–H groups in total. The molecule has 3 nitrogen and oxygen atoms in total. The molecule has 0 aromatic rings. The highest BCUT2D eigenvalue weighted by molar-refractivity contribution is 5.97. The van der Waals surface area contributed by atoms with E-state index in [1.165, 1.54) is 12.2 Å². The number of hydrogen-bond acceptors (Lipinski definition) is 2. The zero-order valence-corrected chi connectivity index (χ0v) is 5.20. The third-order valence-electron chi connectivity index (χ3n) is 1.17. The molecular weight excluding hydrogens is 132 g/mol. The summed E-state index contributed by atoms with van der Waals surface area (Å²) in [5.41, 5.74) is 0.567. The molecule has 3 heteroatoms. The van der Waals surface area contributed by atoms with Crippen LogP contribution in [0.5, 0.6) is 0 Å². The van der Waals surface area contributed by atoms with Gasteiger partial charge in [-0.3, -0.25) is 4.79 Å². The number of carbonyl (C=O) groups is 2. The third kappa shape index (κ3) is 1.55. The lowest BCUT2D eigenvalue weighted by Crippen LogP contribution is -1.91. The zero-order chi connectivity index (χ0) is 7.56. The van der Waals surface area contributed by atoms with Crippen LogP contribution in [0.3, 0.4) is 0 Å². The average Bonchev–Trinajstić information content (AvgIpc) is 2.13. The summed E-state index contributed by atoms with van der Waals surface area (Å²) >= 11 is 0. The van der Waals surface area contributed by atoms with Crippen LogP contribution in [0.4, 0.5) is 0 Å². The largest absolute Gasteiger partial charge is 0.478 e. The van der Waals surface area contributed by atoms with Gasteiger partial charge in [0.25, 0.3) is 0 Å². The van der Waals surface area contributed by atoms with Crippen molar-refractivity contribution in [1.82, 2.24) is 0 Å². The van der Waals surface area contributed by atoms with Crippen molar-refractivity contribution in [3.63, 3.8) is 0 Å². The summed E-state index contributed by atoms with van der Waals surface area (Å²) in [6.45, 7) is 0. The highest BCUT2D eigenvalue weighted by Gasteiger charge is 2.08. The topological polar surface area (TPSA) is 54.4 Å². The second kappa shape index (κ2) is 2.47. The molecule has 52 valence electrons. The van der Waals surface area contributed by atoms with Gasteiger partial charge in [0.15, 0.2) is 5.78 Å². The summed E-state index contributed by atoms with van der Waals surface area (Å²) < 4.78 is 0. The minimum atomic E-state index is -1.01. The molecule has 0 bridgehead atoms. The maximum absolute atomic E-state index is 10.5. The Bertz CT molecular complexity index is 235. The molecule has 10 heavy (non-hydrogen) atoms. The van der Waals surface area contributed by atoms with Crippen LogP contribution in [0.15, 0.2) is 23.8 Å². The van der Waals surface area contributed by atoms with Crippen molar-refractivity contribution in [1.29, 1.82) is 0 Å². The molecule has 0 amide bonds. The van der Waals surface area contributed by atoms with E-state index < -0.39 is 5.97 Å². The summed E-state index contributed by atoms with van der Waals surface area (Å²) in [5.74, 6) is -1.04. The van der Waals surface area contributed by atoms with Crippen molar-refractivity contribution in [3.8, 4) is 0 Å². The normalized spacial score (nSPS) is 20.4. The summed E-state index contributed by atoms with van der Waals surface area (Å²) in [5, 5.41) is 8.24. The monoisotopic (exact) mass is 138 g/mol. The van der Waals surface area contributed by atoms with Crippen LogP contribution in [-0.2, 0) is 9.59 Å². The van der Waals surface area contributed by atoms with Crippen molar-refractivity contribution in [2.24, 2.45) is 0 Å². The highest BCUT2D eigenvalue weighted by Crippen LogP contribution is 2.11. The van der Waals surface area contributed by atoms with Crippen LogP contribution in [-0.4, -0.2) is 16.9 Å². The maximum atomic E-state index is 10.5. The first kappa shape index (κ1) is 6.74. The van der Waals surface area contributed by atoms with Crippen molar-refractivity contribution in [3.05, 3.63) is 23.8 Å². The lowest BCUT2D eigenvalue weighted by atomic mass is 10.2. The van der Waals surface area contributed by atoms with Gasteiger partial charge in [0.05, 0.1) is 0 Å². The Morgan fingerprint density at radius 2 is 2.30 bits per heavy atom. The van der Waals surface area contributed by atoms with Gasteiger partial charge < -0.3 is 5.11 Å². The van der Waals surface area contributed by atoms with Gasteiger partial charge in [-0.2, -0.15) is 0 Å². The van der Waals surface area contributed by atoms with Crippen LogP contribution in [0, 0.1) is 0 Å². The summed E-state index contributed by atoms with van der Waals surface area (Å²) in [4.78, 5) is 20.6. The van der Waals surface area contributed by atoms with E-state index in [1.54, 1.807) is 0 Å². The Hall–Kier alpha value is -1.38. The number of carboxylic acids is 1. The Labute approximate surface area is 57.7 Å². The molecule has 1 rings (SSSR count). The predicted molar refractivity (Wildman–Crippen MR) is 34.5 cm³/mol. The molecule has 0 spiro atoms. The molecule has 0 radical (unpaired) electrons. The smallest absolute Gasteiger partial charge is 0.328 e. The van der Waals surface area contributed by atoms with Gasteiger partial charge in [0.2, 0.25) is 0 Å². The van der Waals surface area contributed by atoms with Crippen LogP contribution >= 0.6 is 0 Å². The lowest BCUT2D eigenvalue weighted by molar-refractivity contribution is -0.131. The molecule has 1 aliphatic rings. The first-order valence-electron chi connectivity index (χ1n) is 2.83. The minimum Gasteiger partial charge on any atom is -0.478 e. The fraction of sp³-hybridized carbons (Fsp3) is 0.143. The van der Waals surface area contributed by atoms with Crippen LogP contribution < -0.4 is 0 Å². The number of rotatable bonds is 1. The van der Waals surface area contributed by atoms with E-state index in [0.717, 1.165) is 6.08 Å². The van der Waals surface area contributed by atoms with Crippen LogP contribution in [0.1, 0.15) is 6.42 Å². The molecule has 0 saturated heterocycles. The molecule has 0 fully saturated rings. The van der Waals surface area contributed by atoms with Crippen LogP contribution in [0.2, 0.25) is 0 Å². The van der Waals surface area contributed by atoms with E-state index in [4.69, 9.17) is 5.11 Å². The Kier molecular flexibility index (Phi) is 1.67. The third-order valence-corrected chi connectivity index (χ3v) is 1.17. The van der Waals surface area contributed by atoms with Crippen molar-refractivity contribution < 1.29 is 14.7 Å². The second-order valence-electron chi connectivity index (χ2n) is 2.03. The number of aliphatic carboxylic acids is 1. The van der Waals surface area contributed by atoms with Gasteiger partial charge in [0.1, 0.15) is 0 Å². The van der Waals surface area contributed by atoms with E-state index in [0.29, 0.717) is 5.57 Å². The van der Waals surface area contributed by atoms with Gasteiger partial charge in [-0.25, -0.2) is 4.79 Å². The summed E-state index contributed by atoms with van der Waals surface area (Å²) in [7, 11) is 0. The van der Waals surface area contributed by atoms with Gasteiger partial charge in [-0.1, -0.05) is 6.08 Å². The van der Waals surface area contributed by atoms with Crippen LogP contribution in [0.25, 0.3) is 0 Å². The van der Waals surface area contributed by atoms with Gasteiger partial charge >= 0.3 is 5.97 Å². The second-order valence-corrected chi connectivity index (χ2v) is 2.03. The minimum absolute atomic E-state index is 0.0347. The first-order valence-corrected chi connectivity index (χ1v) is 2.83. The molecule has 0 unspecified atom stereocenters. The molecule has 0 saturated carbocycles. The fourth-order valence-electron chi connectivity index (χ4n) is 0.777. The van der Waals surface area contributed by atoms with Crippen molar-refractivity contribution in [2.45, 2.75) is 6.42 Å². The van der Waals surface area contributed by atoms with E-state index in [9.17, 15) is 9.59 Å². The van der Waals surface area contributed by atoms with Crippen molar-refractivity contribution >= 4 is 11.8 Å². The molecule has 0 aromatic heterocycles. The van der Waals surface area contributed by atoms with Gasteiger partial charge in [-0.15, -0.1) is 0 Å². The summed E-state index contributed by atoms with van der Waals surface area (Å²) in [6.07, 6.45) is 4.18. The number of ketones is 1. The first-order chi connectivity index (χ1) is 4.68. The van der Waals surface area contributed by atoms with E-state index in [-0.39, 0.29) is 12.2 Å². The van der Waals surface area contributed by atoms with Gasteiger partial charge in [-0.05, 0) is 11.6 Å². The van der Waals surface area contributed by atoms with Gasteiger partial charge in [0, 0.05) is 12.5 Å².